The second kappa shape index (κ2) is 6.43. The van der Waals surface area contributed by atoms with E-state index in [-0.39, 0.29) is 23.4 Å². The van der Waals surface area contributed by atoms with Crippen molar-refractivity contribution in [1.29, 1.82) is 0 Å². The molecule has 1 aromatic heterocycles. The highest BCUT2D eigenvalue weighted by Gasteiger charge is 2.28. The number of hydrogen-bond acceptors (Lipinski definition) is 5. The number of aryl methyl sites for hydroxylation is 1. The van der Waals surface area contributed by atoms with Crippen LogP contribution in [-0.2, 0) is 6.42 Å². The molecule has 0 saturated heterocycles. The molecule has 6 nitrogen and oxygen atoms in total. The molecule has 0 bridgehead atoms. The van der Waals surface area contributed by atoms with Crippen molar-refractivity contribution >= 4 is 11.6 Å². The first-order chi connectivity index (χ1) is 11.5. The fourth-order valence-electron chi connectivity index (χ4n) is 2.88. The van der Waals surface area contributed by atoms with E-state index in [1.54, 1.807) is 13.0 Å². The van der Waals surface area contributed by atoms with Gasteiger partial charge in [0.15, 0.2) is 0 Å². The smallest absolute Gasteiger partial charge is 0.296 e. The van der Waals surface area contributed by atoms with Crippen LogP contribution in [0, 0.1) is 12.7 Å². The standard InChI is InChI=1S/C17H18FN3O3/c1-10-12(18)7-6-11-5-4-8-21(15(10)11)17(22)16-19-13(23-2)9-14(20-16)24-3/h6-7,9H,4-5,8H2,1-3H3. The molecular weight excluding hydrogens is 313 g/mol. The largest absolute Gasteiger partial charge is 0.481 e. The lowest BCUT2D eigenvalue weighted by atomic mass is 9.97. The van der Waals surface area contributed by atoms with Crippen LogP contribution in [-0.4, -0.2) is 36.6 Å². The molecule has 0 spiro atoms. The zero-order chi connectivity index (χ0) is 17.3. The molecule has 2 aromatic rings. The summed E-state index contributed by atoms with van der Waals surface area (Å²) in [6, 6.07) is 4.66. The highest BCUT2D eigenvalue weighted by Crippen LogP contribution is 2.33. The molecule has 1 aliphatic heterocycles. The molecule has 0 atom stereocenters. The first kappa shape index (κ1) is 16.2. The maximum absolute atomic E-state index is 14.0. The zero-order valence-electron chi connectivity index (χ0n) is 13.8. The lowest BCUT2D eigenvalue weighted by molar-refractivity contribution is 0.0972. The minimum atomic E-state index is -0.401. The minimum Gasteiger partial charge on any atom is -0.481 e. The number of nitrogens with zero attached hydrogens (tertiary/aromatic N) is 3. The molecule has 0 saturated carbocycles. The summed E-state index contributed by atoms with van der Waals surface area (Å²) in [5, 5.41) is 0. The number of aromatic nitrogens is 2. The molecular formula is C17H18FN3O3. The van der Waals surface area contributed by atoms with Crippen molar-refractivity contribution in [2.24, 2.45) is 0 Å². The molecule has 126 valence electrons. The van der Waals surface area contributed by atoms with Gasteiger partial charge >= 0.3 is 0 Å². The maximum Gasteiger partial charge on any atom is 0.296 e. The molecule has 0 N–H and O–H groups in total. The number of carbonyl (C=O) groups excluding carboxylic acids is 1. The lowest BCUT2D eigenvalue weighted by Gasteiger charge is -2.30. The number of carbonyl (C=O) groups is 1. The molecule has 1 aromatic carbocycles. The number of rotatable bonds is 3. The van der Waals surface area contributed by atoms with Gasteiger partial charge in [-0.05, 0) is 31.4 Å². The average molecular weight is 331 g/mol. The van der Waals surface area contributed by atoms with Gasteiger partial charge in [0.05, 0.1) is 26.0 Å². The van der Waals surface area contributed by atoms with Crippen LogP contribution in [0.4, 0.5) is 10.1 Å². The third kappa shape index (κ3) is 2.77. The van der Waals surface area contributed by atoms with Gasteiger partial charge in [-0.2, -0.15) is 9.97 Å². The van der Waals surface area contributed by atoms with Gasteiger partial charge in [-0.1, -0.05) is 6.07 Å². The van der Waals surface area contributed by atoms with Gasteiger partial charge in [0.2, 0.25) is 17.6 Å². The molecule has 0 radical (unpaired) electrons. The van der Waals surface area contributed by atoms with Crippen molar-refractivity contribution in [3.8, 4) is 11.8 Å². The predicted molar refractivity (Wildman–Crippen MR) is 86.3 cm³/mol. The number of halogens is 1. The summed E-state index contributed by atoms with van der Waals surface area (Å²) in [4.78, 5) is 22.7. The van der Waals surface area contributed by atoms with E-state index in [0.717, 1.165) is 18.4 Å². The van der Waals surface area contributed by atoms with Crippen LogP contribution in [0.3, 0.4) is 0 Å². The molecule has 0 fully saturated rings. The summed E-state index contributed by atoms with van der Waals surface area (Å²) in [5.74, 6) is -0.307. The van der Waals surface area contributed by atoms with Crippen LogP contribution in [0.5, 0.6) is 11.8 Å². The predicted octanol–water partition coefficient (Wildman–Crippen LogP) is 2.53. The Labute approximate surface area is 139 Å². The Kier molecular flexibility index (Phi) is 4.33. The highest BCUT2D eigenvalue weighted by molar-refractivity contribution is 6.05. The SMILES string of the molecule is COc1cc(OC)nc(C(=O)N2CCCc3ccc(F)c(C)c32)n1. The van der Waals surface area contributed by atoms with Crippen LogP contribution in [0.2, 0.25) is 0 Å². The van der Waals surface area contributed by atoms with Crippen molar-refractivity contribution < 1.29 is 18.7 Å². The van der Waals surface area contributed by atoms with Gasteiger partial charge < -0.3 is 14.4 Å². The van der Waals surface area contributed by atoms with Crippen LogP contribution in [0.25, 0.3) is 0 Å². The fourth-order valence-corrected chi connectivity index (χ4v) is 2.88. The second-order valence-corrected chi connectivity index (χ2v) is 5.52. The summed E-state index contributed by atoms with van der Waals surface area (Å²) in [6.45, 7) is 2.16. The van der Waals surface area contributed by atoms with Crippen molar-refractivity contribution in [3.05, 3.63) is 41.0 Å². The zero-order valence-corrected chi connectivity index (χ0v) is 13.8. The second-order valence-electron chi connectivity index (χ2n) is 5.52. The molecule has 7 heteroatoms. The monoisotopic (exact) mass is 331 g/mol. The maximum atomic E-state index is 14.0. The van der Waals surface area contributed by atoms with Gasteiger partial charge in [-0.25, -0.2) is 4.39 Å². The molecule has 24 heavy (non-hydrogen) atoms. The van der Waals surface area contributed by atoms with E-state index in [0.29, 0.717) is 17.8 Å². The van der Waals surface area contributed by atoms with Crippen LogP contribution in [0.1, 0.15) is 28.2 Å². The van der Waals surface area contributed by atoms with Crippen LogP contribution >= 0.6 is 0 Å². The van der Waals surface area contributed by atoms with Crippen molar-refractivity contribution in [2.45, 2.75) is 19.8 Å². The van der Waals surface area contributed by atoms with Gasteiger partial charge in [0.1, 0.15) is 5.82 Å². The van der Waals surface area contributed by atoms with Gasteiger partial charge in [-0.15, -0.1) is 0 Å². The number of anilines is 1. The first-order valence-corrected chi connectivity index (χ1v) is 7.62. The Morgan fingerprint density at radius 3 is 2.50 bits per heavy atom. The molecule has 1 aliphatic rings. The van der Waals surface area contributed by atoms with Crippen molar-refractivity contribution in [2.75, 3.05) is 25.7 Å². The average Bonchev–Trinajstić information content (AvgIpc) is 2.63. The number of fused-ring (bicyclic) bond motifs is 1. The fraction of sp³-hybridized carbons (Fsp3) is 0.353. The molecule has 0 aliphatic carbocycles. The summed E-state index contributed by atoms with van der Waals surface area (Å²) in [5.41, 5.74) is 2.01. The topological polar surface area (TPSA) is 64.6 Å². The Morgan fingerprint density at radius 1 is 1.21 bits per heavy atom. The third-order valence-corrected chi connectivity index (χ3v) is 4.08. The Balaban J connectivity index is 2.05. The van der Waals surface area contributed by atoms with Gasteiger partial charge in [0, 0.05) is 12.1 Å². The molecule has 1 amide bonds. The van der Waals surface area contributed by atoms with Gasteiger partial charge in [0.25, 0.3) is 5.91 Å². The molecule has 2 heterocycles. The quantitative estimate of drug-likeness (QED) is 0.865. The summed E-state index contributed by atoms with van der Waals surface area (Å²) in [7, 11) is 2.90. The van der Waals surface area contributed by atoms with E-state index >= 15 is 0 Å². The minimum absolute atomic E-state index is 0.0392. The summed E-state index contributed by atoms with van der Waals surface area (Å²) < 4.78 is 24.1. The Hall–Kier alpha value is -2.70. The summed E-state index contributed by atoms with van der Waals surface area (Å²) >= 11 is 0. The van der Waals surface area contributed by atoms with E-state index in [4.69, 9.17) is 9.47 Å². The molecule has 0 unspecified atom stereocenters. The number of hydrogen-bond donors (Lipinski definition) is 0. The van der Waals surface area contributed by atoms with E-state index in [1.807, 2.05) is 0 Å². The first-order valence-electron chi connectivity index (χ1n) is 7.62. The van der Waals surface area contributed by atoms with Crippen molar-refractivity contribution in [1.82, 2.24) is 9.97 Å². The van der Waals surface area contributed by atoms with Gasteiger partial charge in [-0.3, -0.25) is 4.79 Å². The number of ether oxygens (including phenoxy) is 2. The lowest BCUT2D eigenvalue weighted by Crippen LogP contribution is -2.37. The van der Waals surface area contributed by atoms with Crippen molar-refractivity contribution in [3.63, 3.8) is 0 Å². The Morgan fingerprint density at radius 2 is 1.88 bits per heavy atom. The van der Waals surface area contributed by atoms with E-state index in [2.05, 4.69) is 9.97 Å². The highest BCUT2D eigenvalue weighted by atomic mass is 19.1. The van der Waals surface area contributed by atoms with E-state index in [9.17, 15) is 9.18 Å². The number of benzene rings is 1. The van der Waals surface area contributed by atoms with E-state index < -0.39 is 5.91 Å². The van der Waals surface area contributed by atoms with Crippen LogP contribution in [0.15, 0.2) is 18.2 Å². The third-order valence-electron chi connectivity index (χ3n) is 4.08. The van der Waals surface area contributed by atoms with Crippen LogP contribution < -0.4 is 14.4 Å². The number of methoxy groups -OCH3 is 2. The Bertz CT molecular complexity index is 773. The van der Waals surface area contributed by atoms with E-state index in [1.165, 1.54) is 31.3 Å². The summed E-state index contributed by atoms with van der Waals surface area (Å²) in [6.07, 6.45) is 1.60. The normalized spacial score (nSPS) is 13.4. The number of amides is 1. The molecule has 3 rings (SSSR count).